The van der Waals surface area contributed by atoms with E-state index in [-0.39, 0.29) is 23.1 Å². The number of benzene rings is 3. The zero-order valence-corrected chi connectivity index (χ0v) is 16.0. The molecule has 0 unspecified atom stereocenters. The van der Waals surface area contributed by atoms with Crippen molar-refractivity contribution in [3.05, 3.63) is 94.5 Å². The smallest absolute Gasteiger partial charge is 0.266 e. The molecule has 3 aromatic rings. The minimum absolute atomic E-state index is 0.0238. The van der Waals surface area contributed by atoms with Crippen molar-refractivity contribution in [3.8, 4) is 11.1 Å². The fourth-order valence-corrected chi connectivity index (χ4v) is 3.71. The molecule has 0 saturated heterocycles. The molecule has 144 valence electrons. The van der Waals surface area contributed by atoms with Crippen LogP contribution in [0.5, 0.6) is 0 Å². The van der Waals surface area contributed by atoms with Crippen molar-refractivity contribution in [3.63, 3.8) is 0 Å². The minimum atomic E-state index is -3.98. The van der Waals surface area contributed by atoms with Crippen molar-refractivity contribution in [2.75, 3.05) is 6.61 Å². The zero-order valence-electron chi connectivity index (χ0n) is 15.2. The van der Waals surface area contributed by atoms with E-state index in [9.17, 15) is 18.5 Å². The number of nitrogens with zero attached hydrogens (tertiary/aromatic N) is 1. The Morgan fingerprint density at radius 1 is 0.893 bits per heavy atom. The molecule has 0 fully saturated rings. The van der Waals surface area contributed by atoms with E-state index in [4.69, 9.17) is 4.18 Å². The van der Waals surface area contributed by atoms with Crippen LogP contribution in [-0.2, 0) is 14.3 Å². The Morgan fingerprint density at radius 2 is 1.46 bits per heavy atom. The van der Waals surface area contributed by atoms with Crippen LogP contribution < -0.4 is 0 Å². The van der Waals surface area contributed by atoms with E-state index >= 15 is 0 Å². The van der Waals surface area contributed by atoms with Crippen LogP contribution in [0.3, 0.4) is 0 Å². The van der Waals surface area contributed by atoms with Gasteiger partial charge in [0.15, 0.2) is 0 Å². The molecule has 0 saturated carbocycles. The van der Waals surface area contributed by atoms with Crippen molar-refractivity contribution in [2.24, 2.45) is 0 Å². The first-order valence-corrected chi connectivity index (χ1v) is 10.1. The Labute approximate surface area is 163 Å². The molecule has 1 atom stereocenters. The first-order chi connectivity index (χ1) is 13.4. The molecule has 0 aliphatic rings. The van der Waals surface area contributed by atoms with E-state index in [1.165, 1.54) is 12.1 Å². The van der Waals surface area contributed by atoms with Crippen LogP contribution in [0, 0.1) is 10.1 Å². The second-order valence-corrected chi connectivity index (χ2v) is 7.99. The molecular formula is C21H19NO5S. The molecule has 28 heavy (non-hydrogen) atoms. The molecule has 0 aliphatic carbocycles. The fraction of sp³-hybridized carbons (Fsp3) is 0.143. The van der Waals surface area contributed by atoms with Crippen molar-refractivity contribution >= 4 is 15.8 Å². The standard InChI is InChI=1S/C21H19NO5S/c1-16(17-7-9-19(10-8-17)18-5-3-2-4-6-18)15-27-28(25,26)21-13-11-20(12-14-21)22(23)24/h2-14,16H,15H2,1H3/t16-/m1/s1. The van der Waals surface area contributed by atoms with Gasteiger partial charge in [0.2, 0.25) is 0 Å². The van der Waals surface area contributed by atoms with E-state index in [0.29, 0.717) is 0 Å². The molecule has 3 aromatic carbocycles. The van der Waals surface area contributed by atoms with Gasteiger partial charge in [-0.25, -0.2) is 0 Å². The van der Waals surface area contributed by atoms with Gasteiger partial charge in [-0.05, 0) is 28.8 Å². The van der Waals surface area contributed by atoms with Crippen LogP contribution in [0.4, 0.5) is 5.69 Å². The highest BCUT2D eigenvalue weighted by atomic mass is 32.2. The van der Waals surface area contributed by atoms with E-state index < -0.39 is 15.0 Å². The molecule has 0 amide bonds. The highest BCUT2D eigenvalue weighted by molar-refractivity contribution is 7.86. The summed E-state index contributed by atoms with van der Waals surface area (Å²) in [6, 6.07) is 22.5. The third kappa shape index (κ3) is 4.62. The summed E-state index contributed by atoms with van der Waals surface area (Å²) in [7, 11) is -3.98. The molecule has 3 rings (SSSR count). The van der Waals surface area contributed by atoms with Gasteiger partial charge in [-0.2, -0.15) is 8.42 Å². The highest BCUT2D eigenvalue weighted by Gasteiger charge is 2.19. The SMILES string of the molecule is C[C@H](COS(=O)(=O)c1ccc([N+](=O)[O-])cc1)c1ccc(-c2ccccc2)cc1. The second-order valence-electron chi connectivity index (χ2n) is 6.38. The lowest BCUT2D eigenvalue weighted by Gasteiger charge is -2.13. The van der Waals surface area contributed by atoms with Gasteiger partial charge in [-0.15, -0.1) is 0 Å². The van der Waals surface area contributed by atoms with Gasteiger partial charge in [0.25, 0.3) is 15.8 Å². The summed E-state index contributed by atoms with van der Waals surface area (Å²) in [5.41, 5.74) is 2.97. The number of nitro groups is 1. The predicted octanol–water partition coefficient (Wildman–Crippen LogP) is 4.77. The Balaban J connectivity index is 1.65. The quantitative estimate of drug-likeness (QED) is 0.326. The first-order valence-electron chi connectivity index (χ1n) is 8.66. The van der Waals surface area contributed by atoms with Crippen LogP contribution in [0.25, 0.3) is 11.1 Å². The third-order valence-electron chi connectivity index (χ3n) is 4.40. The maximum Gasteiger partial charge on any atom is 0.297 e. The van der Waals surface area contributed by atoms with Gasteiger partial charge in [0, 0.05) is 18.1 Å². The summed E-state index contributed by atoms with van der Waals surface area (Å²) in [6.07, 6.45) is 0. The van der Waals surface area contributed by atoms with E-state index in [1.807, 2.05) is 61.5 Å². The van der Waals surface area contributed by atoms with Crippen molar-refractivity contribution in [1.82, 2.24) is 0 Å². The Bertz CT molecular complexity index is 1050. The summed E-state index contributed by atoms with van der Waals surface area (Å²) >= 11 is 0. The van der Waals surface area contributed by atoms with Crippen LogP contribution in [0.1, 0.15) is 18.4 Å². The summed E-state index contributed by atoms with van der Waals surface area (Å²) in [6.45, 7) is 1.85. The molecule has 0 heterocycles. The monoisotopic (exact) mass is 397 g/mol. The normalized spacial score (nSPS) is 12.5. The Hall–Kier alpha value is -3.03. The summed E-state index contributed by atoms with van der Waals surface area (Å²) in [5, 5.41) is 10.7. The van der Waals surface area contributed by atoms with Crippen molar-refractivity contribution in [2.45, 2.75) is 17.7 Å². The molecule has 0 spiro atoms. The molecule has 0 N–H and O–H groups in total. The van der Waals surface area contributed by atoms with Crippen LogP contribution in [0.15, 0.2) is 83.8 Å². The maximum absolute atomic E-state index is 12.3. The number of hydrogen-bond acceptors (Lipinski definition) is 5. The molecule has 6 nitrogen and oxygen atoms in total. The predicted molar refractivity (Wildman–Crippen MR) is 107 cm³/mol. The molecule has 0 aromatic heterocycles. The van der Waals surface area contributed by atoms with Gasteiger partial charge in [-0.3, -0.25) is 14.3 Å². The number of nitro benzene ring substituents is 1. The average Bonchev–Trinajstić information content (AvgIpc) is 2.73. The maximum atomic E-state index is 12.3. The van der Waals surface area contributed by atoms with Gasteiger partial charge in [-0.1, -0.05) is 61.5 Å². The van der Waals surface area contributed by atoms with Gasteiger partial charge in [0.1, 0.15) is 0 Å². The lowest BCUT2D eigenvalue weighted by Crippen LogP contribution is -2.12. The van der Waals surface area contributed by atoms with Crippen LogP contribution >= 0.6 is 0 Å². The molecule has 7 heteroatoms. The Morgan fingerprint density at radius 3 is 2.04 bits per heavy atom. The summed E-state index contributed by atoms with van der Waals surface area (Å²) < 4.78 is 29.7. The summed E-state index contributed by atoms with van der Waals surface area (Å²) in [4.78, 5) is 9.98. The molecule has 0 bridgehead atoms. The number of rotatable bonds is 7. The van der Waals surface area contributed by atoms with E-state index in [2.05, 4.69) is 0 Å². The fourth-order valence-electron chi connectivity index (χ4n) is 2.73. The first kappa shape index (κ1) is 19.7. The van der Waals surface area contributed by atoms with Crippen molar-refractivity contribution in [1.29, 1.82) is 0 Å². The van der Waals surface area contributed by atoms with E-state index in [1.54, 1.807) is 0 Å². The minimum Gasteiger partial charge on any atom is -0.266 e. The van der Waals surface area contributed by atoms with Gasteiger partial charge in [0.05, 0.1) is 16.4 Å². The van der Waals surface area contributed by atoms with Crippen molar-refractivity contribution < 1.29 is 17.5 Å². The third-order valence-corrected chi connectivity index (χ3v) is 5.69. The highest BCUT2D eigenvalue weighted by Crippen LogP contribution is 2.24. The Kier molecular flexibility index (Phi) is 5.87. The second kappa shape index (κ2) is 8.33. The van der Waals surface area contributed by atoms with Crippen LogP contribution in [0.2, 0.25) is 0 Å². The van der Waals surface area contributed by atoms with Gasteiger partial charge >= 0.3 is 0 Å². The average molecular weight is 397 g/mol. The molecular weight excluding hydrogens is 378 g/mol. The van der Waals surface area contributed by atoms with E-state index in [0.717, 1.165) is 28.8 Å². The topological polar surface area (TPSA) is 86.5 Å². The molecule has 0 radical (unpaired) electrons. The number of hydrogen-bond donors (Lipinski definition) is 0. The van der Waals surface area contributed by atoms with Gasteiger partial charge < -0.3 is 0 Å². The zero-order chi connectivity index (χ0) is 20.1. The lowest BCUT2D eigenvalue weighted by molar-refractivity contribution is -0.384. The van der Waals surface area contributed by atoms with Crippen LogP contribution in [-0.4, -0.2) is 19.9 Å². The summed E-state index contributed by atoms with van der Waals surface area (Å²) in [5.74, 6) is -0.141. The lowest BCUT2D eigenvalue weighted by atomic mass is 9.98. The largest absolute Gasteiger partial charge is 0.297 e. The molecule has 0 aliphatic heterocycles. The number of non-ortho nitro benzene ring substituents is 1.